The fourth-order valence-electron chi connectivity index (χ4n) is 1.88. The van der Waals surface area contributed by atoms with Crippen LogP contribution in [0.25, 0.3) is 0 Å². The van der Waals surface area contributed by atoms with Crippen LogP contribution in [0.5, 0.6) is 0 Å². The van der Waals surface area contributed by atoms with E-state index in [1.807, 2.05) is 0 Å². The van der Waals surface area contributed by atoms with Gasteiger partial charge < -0.3 is 14.6 Å². The van der Waals surface area contributed by atoms with E-state index in [1.54, 1.807) is 26.8 Å². The lowest BCUT2D eigenvalue weighted by Gasteiger charge is -2.26. The van der Waals surface area contributed by atoms with E-state index >= 15 is 0 Å². The number of carboxylic acids is 1. The van der Waals surface area contributed by atoms with E-state index in [4.69, 9.17) is 14.6 Å². The minimum atomic E-state index is -1.05. The van der Waals surface area contributed by atoms with Crippen LogP contribution in [0.15, 0.2) is 12.7 Å². The van der Waals surface area contributed by atoms with Crippen molar-refractivity contribution < 1.29 is 24.2 Å². The Hall–Kier alpha value is -1.56. The number of rotatable bonds is 4. The molecule has 0 bridgehead atoms. The Bertz CT molecular complexity index is 361. The maximum Gasteiger partial charge on any atom is 0.411 e. The van der Waals surface area contributed by atoms with Gasteiger partial charge in [0.15, 0.2) is 0 Å². The molecule has 108 valence electrons. The van der Waals surface area contributed by atoms with Gasteiger partial charge in [0, 0.05) is 6.42 Å². The summed E-state index contributed by atoms with van der Waals surface area (Å²) in [6.45, 7) is 9.30. The SMILES string of the molecule is C=CCOC1C[C@@H](C(=O)O)N(C(=O)OC(C)(C)C)C1. The van der Waals surface area contributed by atoms with Crippen LogP contribution in [-0.2, 0) is 14.3 Å². The first-order valence-corrected chi connectivity index (χ1v) is 6.19. The highest BCUT2D eigenvalue weighted by molar-refractivity contribution is 5.81. The van der Waals surface area contributed by atoms with Crippen molar-refractivity contribution in [3.05, 3.63) is 12.7 Å². The van der Waals surface area contributed by atoms with Crippen LogP contribution >= 0.6 is 0 Å². The van der Waals surface area contributed by atoms with Gasteiger partial charge in [-0.05, 0) is 20.8 Å². The number of aliphatic carboxylic acids is 1. The fraction of sp³-hybridized carbons (Fsp3) is 0.692. The summed E-state index contributed by atoms with van der Waals surface area (Å²) in [5.41, 5.74) is -0.653. The Morgan fingerprint density at radius 1 is 1.47 bits per heavy atom. The van der Waals surface area contributed by atoms with E-state index in [0.717, 1.165) is 0 Å². The lowest BCUT2D eigenvalue weighted by Crippen LogP contribution is -2.43. The van der Waals surface area contributed by atoms with Crippen molar-refractivity contribution in [2.24, 2.45) is 0 Å². The Balaban J connectivity index is 2.70. The summed E-state index contributed by atoms with van der Waals surface area (Å²) >= 11 is 0. The van der Waals surface area contributed by atoms with Gasteiger partial charge in [0.1, 0.15) is 11.6 Å². The minimum absolute atomic E-state index is 0.222. The molecule has 6 nitrogen and oxygen atoms in total. The first kappa shape index (κ1) is 15.5. The second kappa shape index (κ2) is 6.06. The van der Waals surface area contributed by atoms with E-state index < -0.39 is 23.7 Å². The average molecular weight is 271 g/mol. The van der Waals surface area contributed by atoms with Crippen molar-refractivity contribution in [3.63, 3.8) is 0 Å². The van der Waals surface area contributed by atoms with E-state index in [-0.39, 0.29) is 19.1 Å². The smallest absolute Gasteiger partial charge is 0.411 e. The van der Waals surface area contributed by atoms with Crippen LogP contribution in [0.3, 0.4) is 0 Å². The van der Waals surface area contributed by atoms with E-state index in [0.29, 0.717) is 6.61 Å². The van der Waals surface area contributed by atoms with Gasteiger partial charge >= 0.3 is 12.1 Å². The molecule has 1 rings (SSSR count). The van der Waals surface area contributed by atoms with Gasteiger partial charge in [0.2, 0.25) is 0 Å². The fourth-order valence-corrected chi connectivity index (χ4v) is 1.88. The molecule has 1 aliphatic heterocycles. The number of amides is 1. The van der Waals surface area contributed by atoms with Gasteiger partial charge in [0.05, 0.1) is 19.3 Å². The summed E-state index contributed by atoms with van der Waals surface area (Å²) in [4.78, 5) is 24.3. The summed E-state index contributed by atoms with van der Waals surface area (Å²) in [6.07, 6.45) is 0.935. The molecule has 1 aliphatic rings. The van der Waals surface area contributed by atoms with Crippen LogP contribution in [0.1, 0.15) is 27.2 Å². The molecule has 1 heterocycles. The number of hydrogen-bond acceptors (Lipinski definition) is 4. The summed E-state index contributed by atoms with van der Waals surface area (Å²) < 4.78 is 10.6. The lowest BCUT2D eigenvalue weighted by atomic mass is 10.2. The van der Waals surface area contributed by atoms with E-state index in [1.165, 1.54) is 4.90 Å². The first-order valence-electron chi connectivity index (χ1n) is 6.19. The average Bonchev–Trinajstić information content (AvgIpc) is 2.68. The number of ether oxygens (including phenoxy) is 2. The van der Waals surface area contributed by atoms with Gasteiger partial charge in [-0.3, -0.25) is 4.90 Å². The number of nitrogens with zero attached hydrogens (tertiary/aromatic N) is 1. The normalized spacial score (nSPS) is 23.2. The predicted octanol–water partition coefficient (Wildman–Crippen LogP) is 1.65. The Morgan fingerprint density at radius 3 is 2.58 bits per heavy atom. The van der Waals surface area contributed by atoms with Crippen molar-refractivity contribution in [2.45, 2.75) is 44.9 Å². The molecular weight excluding hydrogens is 250 g/mol. The molecule has 1 N–H and O–H groups in total. The highest BCUT2D eigenvalue weighted by atomic mass is 16.6. The highest BCUT2D eigenvalue weighted by Crippen LogP contribution is 2.23. The van der Waals surface area contributed by atoms with Crippen LogP contribution in [0.4, 0.5) is 4.79 Å². The van der Waals surface area contributed by atoms with Crippen molar-refractivity contribution in [1.29, 1.82) is 0 Å². The van der Waals surface area contributed by atoms with Crippen molar-refractivity contribution in [1.82, 2.24) is 4.90 Å². The largest absolute Gasteiger partial charge is 0.480 e. The quantitative estimate of drug-likeness (QED) is 0.787. The summed E-state index contributed by atoms with van der Waals surface area (Å²) in [5.74, 6) is -1.05. The van der Waals surface area contributed by atoms with Gasteiger partial charge in [-0.1, -0.05) is 6.08 Å². The maximum absolute atomic E-state index is 12.0. The van der Waals surface area contributed by atoms with E-state index in [2.05, 4.69) is 6.58 Å². The molecule has 1 saturated heterocycles. The third-order valence-electron chi connectivity index (χ3n) is 2.63. The minimum Gasteiger partial charge on any atom is -0.480 e. The van der Waals surface area contributed by atoms with Crippen LogP contribution < -0.4 is 0 Å². The molecule has 0 spiro atoms. The molecule has 1 unspecified atom stereocenters. The summed E-state index contributed by atoms with van der Waals surface area (Å²) in [6, 6.07) is -0.898. The molecule has 1 amide bonds. The van der Waals surface area contributed by atoms with Gasteiger partial charge in [-0.15, -0.1) is 6.58 Å². The third kappa shape index (κ3) is 4.55. The zero-order valence-corrected chi connectivity index (χ0v) is 11.6. The molecule has 0 aromatic carbocycles. The zero-order valence-electron chi connectivity index (χ0n) is 11.6. The monoisotopic (exact) mass is 271 g/mol. The predicted molar refractivity (Wildman–Crippen MR) is 68.9 cm³/mol. The summed E-state index contributed by atoms with van der Waals surface area (Å²) in [7, 11) is 0. The van der Waals surface area contributed by atoms with Crippen molar-refractivity contribution >= 4 is 12.1 Å². The first-order chi connectivity index (χ1) is 8.74. The lowest BCUT2D eigenvalue weighted by molar-refractivity contribution is -0.142. The number of hydrogen-bond donors (Lipinski definition) is 1. The molecule has 2 atom stereocenters. The highest BCUT2D eigenvalue weighted by Gasteiger charge is 2.41. The van der Waals surface area contributed by atoms with Crippen LogP contribution in [-0.4, -0.2) is 53.0 Å². The topological polar surface area (TPSA) is 76.1 Å². The number of carboxylic acid groups (broad SMARTS) is 1. The Kier molecular flexibility index (Phi) is 4.94. The molecule has 0 radical (unpaired) electrons. The van der Waals surface area contributed by atoms with Gasteiger partial charge in [-0.25, -0.2) is 9.59 Å². The molecule has 0 aromatic rings. The molecular formula is C13H21NO5. The van der Waals surface area contributed by atoms with Crippen LogP contribution in [0, 0.1) is 0 Å². The van der Waals surface area contributed by atoms with Gasteiger partial charge in [-0.2, -0.15) is 0 Å². The third-order valence-corrected chi connectivity index (χ3v) is 2.63. The van der Waals surface area contributed by atoms with Gasteiger partial charge in [0.25, 0.3) is 0 Å². The van der Waals surface area contributed by atoms with Crippen LogP contribution in [0.2, 0.25) is 0 Å². The second-order valence-electron chi connectivity index (χ2n) is 5.47. The molecule has 0 aliphatic carbocycles. The summed E-state index contributed by atoms with van der Waals surface area (Å²) in [5, 5.41) is 9.15. The molecule has 1 fully saturated rings. The number of carbonyl (C=O) groups excluding carboxylic acids is 1. The molecule has 19 heavy (non-hydrogen) atoms. The second-order valence-corrected chi connectivity index (χ2v) is 5.47. The Labute approximate surface area is 113 Å². The Morgan fingerprint density at radius 2 is 2.11 bits per heavy atom. The number of likely N-dealkylation sites (tertiary alicyclic amines) is 1. The molecule has 0 aromatic heterocycles. The standard InChI is InChI=1S/C13H21NO5/c1-5-6-18-9-7-10(11(15)16)14(8-9)12(17)19-13(2,3)4/h5,9-10H,1,6-8H2,2-4H3,(H,15,16)/t9?,10-/m0/s1. The van der Waals surface area contributed by atoms with E-state index in [9.17, 15) is 9.59 Å². The van der Waals surface area contributed by atoms with Crippen molar-refractivity contribution in [2.75, 3.05) is 13.2 Å². The molecule has 0 saturated carbocycles. The zero-order chi connectivity index (χ0) is 14.6. The number of carbonyl (C=O) groups is 2. The van der Waals surface area contributed by atoms with Crippen molar-refractivity contribution in [3.8, 4) is 0 Å². The maximum atomic E-state index is 12.0. The molecule has 6 heteroatoms.